The van der Waals surface area contributed by atoms with E-state index >= 15 is 0 Å². The van der Waals surface area contributed by atoms with Crippen molar-refractivity contribution in [2.45, 2.75) is 70.3 Å². The first kappa shape index (κ1) is 26.2. The SMILES string of the molecule is Cc1nc(CNC(C)C)ccc1-n1cc(-c2nc(NC3CCN(S(=O)(=O)C4CC4)CC3)ncc2C#N)cn1. The summed E-state index contributed by atoms with van der Waals surface area (Å²) >= 11 is 0. The fraction of sp³-hybridized carbons (Fsp3) is 0.500. The summed E-state index contributed by atoms with van der Waals surface area (Å²) in [6.07, 6.45) is 7.94. The second kappa shape index (κ2) is 10.8. The number of piperidine rings is 1. The minimum atomic E-state index is -3.15. The van der Waals surface area contributed by atoms with Crippen molar-refractivity contribution in [2.24, 2.45) is 0 Å². The summed E-state index contributed by atoms with van der Waals surface area (Å²) in [7, 11) is -3.15. The number of aromatic nitrogens is 5. The number of nitriles is 1. The fourth-order valence-electron chi connectivity index (χ4n) is 4.60. The summed E-state index contributed by atoms with van der Waals surface area (Å²) < 4.78 is 28.4. The highest BCUT2D eigenvalue weighted by molar-refractivity contribution is 7.90. The van der Waals surface area contributed by atoms with E-state index < -0.39 is 10.0 Å². The van der Waals surface area contributed by atoms with Crippen LogP contribution in [0, 0.1) is 18.3 Å². The molecule has 0 atom stereocenters. The molecule has 2 fully saturated rings. The summed E-state index contributed by atoms with van der Waals surface area (Å²) in [5, 5.41) is 20.7. The summed E-state index contributed by atoms with van der Waals surface area (Å²) in [5.41, 5.74) is 4.20. The van der Waals surface area contributed by atoms with Gasteiger partial charge in [-0.1, -0.05) is 13.8 Å². The van der Waals surface area contributed by atoms with E-state index in [1.165, 1.54) is 6.20 Å². The largest absolute Gasteiger partial charge is 0.351 e. The first-order valence-electron chi connectivity index (χ1n) is 13.0. The van der Waals surface area contributed by atoms with Gasteiger partial charge in [0.15, 0.2) is 0 Å². The van der Waals surface area contributed by atoms with Crippen LogP contribution in [0.3, 0.4) is 0 Å². The van der Waals surface area contributed by atoms with Gasteiger partial charge in [0.05, 0.1) is 46.0 Å². The van der Waals surface area contributed by atoms with Crippen molar-refractivity contribution in [3.63, 3.8) is 0 Å². The minimum Gasteiger partial charge on any atom is -0.351 e. The quantitative estimate of drug-likeness (QED) is 0.423. The van der Waals surface area contributed by atoms with Gasteiger partial charge in [0.2, 0.25) is 16.0 Å². The number of nitrogens with zero attached hydrogens (tertiary/aromatic N) is 7. The molecule has 1 aliphatic heterocycles. The highest BCUT2D eigenvalue weighted by Crippen LogP contribution is 2.32. The molecule has 0 radical (unpaired) electrons. The summed E-state index contributed by atoms with van der Waals surface area (Å²) in [6, 6.07) is 6.58. The van der Waals surface area contributed by atoms with Crippen molar-refractivity contribution in [1.29, 1.82) is 5.26 Å². The topological polar surface area (TPSA) is 142 Å². The van der Waals surface area contributed by atoms with Crippen molar-refractivity contribution < 1.29 is 8.42 Å². The number of pyridine rings is 1. The van der Waals surface area contributed by atoms with E-state index in [4.69, 9.17) is 4.98 Å². The Kier molecular flexibility index (Phi) is 7.43. The zero-order valence-electron chi connectivity index (χ0n) is 21.9. The van der Waals surface area contributed by atoms with Gasteiger partial charge in [0.1, 0.15) is 6.07 Å². The molecule has 0 aromatic carbocycles. The van der Waals surface area contributed by atoms with Gasteiger partial charge < -0.3 is 10.6 Å². The van der Waals surface area contributed by atoms with Crippen LogP contribution in [0.1, 0.15) is 56.5 Å². The highest BCUT2D eigenvalue weighted by atomic mass is 32.2. The molecule has 0 amide bonds. The predicted molar refractivity (Wildman–Crippen MR) is 144 cm³/mol. The molecule has 2 N–H and O–H groups in total. The molecule has 11 nitrogen and oxygen atoms in total. The Hall–Kier alpha value is -3.40. The number of aryl methyl sites for hydroxylation is 1. The number of rotatable bonds is 9. The minimum absolute atomic E-state index is 0.0570. The van der Waals surface area contributed by atoms with E-state index in [1.807, 2.05) is 25.3 Å². The molecular weight excluding hydrogens is 502 g/mol. The Morgan fingerprint density at radius 1 is 1.13 bits per heavy atom. The number of hydrogen-bond donors (Lipinski definition) is 2. The maximum absolute atomic E-state index is 12.5. The van der Waals surface area contributed by atoms with Crippen LogP contribution in [-0.2, 0) is 16.6 Å². The molecular formula is C26H33N9O2S. The Morgan fingerprint density at radius 3 is 2.55 bits per heavy atom. The van der Waals surface area contributed by atoms with Gasteiger partial charge >= 0.3 is 0 Å². The van der Waals surface area contributed by atoms with E-state index in [0.29, 0.717) is 61.3 Å². The lowest BCUT2D eigenvalue weighted by molar-refractivity contribution is 0.328. The normalized spacial score (nSPS) is 17.0. The van der Waals surface area contributed by atoms with E-state index in [-0.39, 0.29) is 11.3 Å². The first-order valence-corrected chi connectivity index (χ1v) is 14.5. The van der Waals surface area contributed by atoms with E-state index in [1.54, 1.807) is 15.2 Å². The number of sulfonamides is 1. The third kappa shape index (κ3) is 5.70. The van der Waals surface area contributed by atoms with Gasteiger partial charge in [0, 0.05) is 43.5 Å². The van der Waals surface area contributed by atoms with Crippen molar-refractivity contribution in [1.82, 2.24) is 34.4 Å². The molecule has 0 spiro atoms. The van der Waals surface area contributed by atoms with Crippen molar-refractivity contribution >= 4 is 16.0 Å². The second-order valence-corrected chi connectivity index (χ2v) is 12.5. The van der Waals surface area contributed by atoms with Crippen LogP contribution in [0.2, 0.25) is 0 Å². The van der Waals surface area contributed by atoms with Crippen LogP contribution in [-0.4, -0.2) is 67.9 Å². The standard InChI is InChI=1S/C26H33N9O2S/c1-17(2)28-15-22-4-7-24(18(3)31-22)35-16-20(14-30-35)25-19(12-27)13-29-26(33-25)32-21-8-10-34(11-9-21)38(36,37)23-5-6-23/h4,7,13-14,16-17,21,23,28H,5-6,8-11,15H2,1-3H3,(H,29,32,33). The number of hydrogen-bond acceptors (Lipinski definition) is 9. The molecule has 5 rings (SSSR count). The smallest absolute Gasteiger partial charge is 0.223 e. The first-order chi connectivity index (χ1) is 18.2. The fourth-order valence-corrected chi connectivity index (χ4v) is 6.47. The Bertz CT molecular complexity index is 1450. The average Bonchev–Trinajstić information content (AvgIpc) is 3.66. The van der Waals surface area contributed by atoms with Gasteiger partial charge in [-0.25, -0.2) is 27.4 Å². The molecule has 1 aliphatic carbocycles. The van der Waals surface area contributed by atoms with Crippen LogP contribution >= 0.6 is 0 Å². The number of anilines is 1. The summed E-state index contributed by atoms with van der Waals surface area (Å²) in [4.78, 5) is 13.7. The summed E-state index contributed by atoms with van der Waals surface area (Å²) in [5.74, 6) is 0.412. The zero-order chi connectivity index (χ0) is 26.9. The van der Waals surface area contributed by atoms with Crippen LogP contribution in [0.5, 0.6) is 0 Å². The highest BCUT2D eigenvalue weighted by Gasteiger charge is 2.41. The van der Waals surface area contributed by atoms with Crippen LogP contribution in [0.25, 0.3) is 16.9 Å². The Labute approximate surface area is 223 Å². The lowest BCUT2D eigenvalue weighted by Crippen LogP contribution is -2.43. The average molecular weight is 536 g/mol. The monoisotopic (exact) mass is 535 g/mol. The zero-order valence-corrected chi connectivity index (χ0v) is 22.7. The van der Waals surface area contributed by atoms with Gasteiger partial charge in [-0.05, 0) is 44.7 Å². The molecule has 12 heteroatoms. The maximum Gasteiger partial charge on any atom is 0.223 e. The van der Waals surface area contributed by atoms with Gasteiger partial charge in [-0.3, -0.25) is 4.98 Å². The summed E-state index contributed by atoms with van der Waals surface area (Å²) in [6.45, 7) is 7.83. The Morgan fingerprint density at radius 2 is 1.89 bits per heavy atom. The molecule has 3 aromatic rings. The van der Waals surface area contributed by atoms with Crippen LogP contribution in [0.15, 0.2) is 30.7 Å². The Balaban J connectivity index is 1.30. The maximum atomic E-state index is 12.5. The third-order valence-electron chi connectivity index (χ3n) is 6.91. The van der Waals surface area contributed by atoms with Gasteiger partial charge in [-0.2, -0.15) is 10.4 Å². The van der Waals surface area contributed by atoms with E-state index in [2.05, 4.69) is 45.6 Å². The van der Waals surface area contributed by atoms with Crippen LogP contribution in [0.4, 0.5) is 5.95 Å². The molecule has 2 aliphatic rings. The number of nitrogens with one attached hydrogen (secondary N) is 2. The lowest BCUT2D eigenvalue weighted by Gasteiger charge is -2.31. The second-order valence-electron chi connectivity index (χ2n) is 10.2. The molecule has 4 heterocycles. The predicted octanol–water partition coefficient (Wildman–Crippen LogP) is 2.77. The van der Waals surface area contributed by atoms with Crippen molar-refractivity contribution in [3.8, 4) is 23.0 Å². The molecule has 0 bridgehead atoms. The van der Waals surface area contributed by atoms with Crippen LogP contribution < -0.4 is 10.6 Å². The molecule has 1 saturated carbocycles. The van der Waals surface area contributed by atoms with E-state index in [9.17, 15) is 13.7 Å². The van der Waals surface area contributed by atoms with Crippen molar-refractivity contribution in [2.75, 3.05) is 18.4 Å². The van der Waals surface area contributed by atoms with Gasteiger partial charge in [-0.15, -0.1) is 0 Å². The van der Waals surface area contributed by atoms with Crippen molar-refractivity contribution in [3.05, 3.63) is 47.7 Å². The molecule has 3 aromatic heterocycles. The lowest BCUT2D eigenvalue weighted by atomic mass is 10.1. The molecule has 1 saturated heterocycles. The van der Waals surface area contributed by atoms with Gasteiger partial charge in [0.25, 0.3) is 0 Å². The molecule has 38 heavy (non-hydrogen) atoms. The molecule has 200 valence electrons. The third-order valence-corrected chi connectivity index (χ3v) is 9.31. The van der Waals surface area contributed by atoms with E-state index in [0.717, 1.165) is 29.9 Å². The molecule has 0 unspecified atom stereocenters.